The van der Waals surface area contributed by atoms with E-state index < -0.39 is 0 Å². The highest BCUT2D eigenvalue weighted by Crippen LogP contribution is 2.24. The molecule has 0 unspecified atom stereocenters. The third kappa shape index (κ3) is 1.89. The van der Waals surface area contributed by atoms with Crippen LogP contribution in [-0.2, 0) is 0 Å². The molecule has 0 saturated carbocycles. The zero-order valence-electron chi connectivity index (χ0n) is 11.0. The quantitative estimate of drug-likeness (QED) is 0.499. The van der Waals surface area contributed by atoms with Crippen LogP contribution in [0.2, 0.25) is 0 Å². The number of nitrogens with zero attached hydrogens (tertiary/aromatic N) is 2. The Labute approximate surface area is 119 Å². The Hall–Kier alpha value is -3.01. The van der Waals surface area contributed by atoms with Crippen molar-refractivity contribution in [2.45, 2.75) is 0 Å². The van der Waals surface area contributed by atoms with Crippen LogP contribution in [0.25, 0.3) is 33.1 Å². The molecule has 0 spiro atoms. The third-order valence-electron chi connectivity index (χ3n) is 3.43. The first kappa shape index (κ1) is 11.8. The van der Waals surface area contributed by atoms with Crippen molar-refractivity contribution in [1.82, 2.24) is 10.2 Å². The van der Waals surface area contributed by atoms with Crippen LogP contribution in [0.1, 0.15) is 0 Å². The van der Waals surface area contributed by atoms with Gasteiger partial charge in [-0.2, -0.15) is 0 Å². The van der Waals surface area contributed by atoms with Crippen molar-refractivity contribution in [3.63, 3.8) is 0 Å². The highest BCUT2D eigenvalue weighted by atomic mass is 16.4. The predicted molar refractivity (Wildman–Crippen MR) is 81.0 cm³/mol. The van der Waals surface area contributed by atoms with Crippen molar-refractivity contribution in [2.75, 3.05) is 0 Å². The van der Waals surface area contributed by atoms with Gasteiger partial charge in [0, 0.05) is 17.0 Å². The maximum atomic E-state index is 12.0. The van der Waals surface area contributed by atoms with Gasteiger partial charge in [-0.05, 0) is 6.07 Å². The van der Waals surface area contributed by atoms with E-state index in [9.17, 15) is 4.79 Å². The van der Waals surface area contributed by atoms with Crippen molar-refractivity contribution in [3.05, 3.63) is 71.1 Å². The molecule has 0 saturated heterocycles. The van der Waals surface area contributed by atoms with Gasteiger partial charge in [0.2, 0.25) is 0 Å². The second kappa shape index (κ2) is 4.52. The summed E-state index contributed by atoms with van der Waals surface area (Å²) < 4.78 is 5.38. The van der Waals surface area contributed by atoms with Crippen LogP contribution < -0.4 is 5.63 Å². The molecule has 4 heteroatoms. The molecule has 0 aliphatic rings. The van der Waals surface area contributed by atoms with Crippen molar-refractivity contribution in [3.8, 4) is 11.3 Å². The molecule has 4 aromatic rings. The highest BCUT2D eigenvalue weighted by Gasteiger charge is 2.10. The summed E-state index contributed by atoms with van der Waals surface area (Å²) in [4.78, 5) is 12.0. The molecule has 0 N–H and O–H groups in total. The summed E-state index contributed by atoms with van der Waals surface area (Å²) in [5, 5.41) is 9.77. The fraction of sp³-hybridized carbons (Fsp3) is 0. The minimum absolute atomic E-state index is 0.356. The van der Waals surface area contributed by atoms with E-state index in [4.69, 9.17) is 4.42 Å². The molecule has 0 radical (unpaired) electrons. The molecule has 4 rings (SSSR count). The van der Waals surface area contributed by atoms with Gasteiger partial charge in [-0.25, -0.2) is 4.79 Å². The fourth-order valence-electron chi connectivity index (χ4n) is 2.41. The van der Waals surface area contributed by atoms with Gasteiger partial charge in [-0.1, -0.05) is 48.5 Å². The van der Waals surface area contributed by atoms with Gasteiger partial charge < -0.3 is 4.42 Å². The summed E-state index contributed by atoms with van der Waals surface area (Å²) in [6, 6.07) is 18.7. The Morgan fingerprint density at radius 3 is 2.33 bits per heavy atom. The standard InChI is InChI=1S/C17H10N2O2/c20-17-13-9-5-4-8-12(13)16-15(21-17)10-14(18-19-16)11-6-2-1-3-7-11/h1-10H. The molecule has 2 aromatic heterocycles. The predicted octanol–water partition coefficient (Wildman–Crippen LogP) is 3.40. The van der Waals surface area contributed by atoms with E-state index in [1.807, 2.05) is 42.5 Å². The largest absolute Gasteiger partial charge is 0.420 e. The lowest BCUT2D eigenvalue weighted by molar-refractivity contribution is 0.568. The molecule has 0 bridgehead atoms. The number of fused-ring (bicyclic) bond motifs is 3. The van der Waals surface area contributed by atoms with Gasteiger partial charge in [-0.15, -0.1) is 10.2 Å². The average Bonchev–Trinajstić information content (AvgIpc) is 2.55. The van der Waals surface area contributed by atoms with Gasteiger partial charge in [0.15, 0.2) is 5.58 Å². The Kier molecular flexibility index (Phi) is 2.54. The van der Waals surface area contributed by atoms with E-state index >= 15 is 0 Å². The third-order valence-corrected chi connectivity index (χ3v) is 3.43. The van der Waals surface area contributed by atoms with Crippen molar-refractivity contribution in [2.24, 2.45) is 0 Å². The fourth-order valence-corrected chi connectivity index (χ4v) is 2.41. The maximum absolute atomic E-state index is 12.0. The van der Waals surface area contributed by atoms with E-state index in [1.54, 1.807) is 18.2 Å². The van der Waals surface area contributed by atoms with E-state index in [2.05, 4.69) is 10.2 Å². The van der Waals surface area contributed by atoms with Crippen LogP contribution in [-0.4, -0.2) is 10.2 Å². The first-order valence-electron chi connectivity index (χ1n) is 6.57. The lowest BCUT2D eigenvalue weighted by atomic mass is 10.1. The highest BCUT2D eigenvalue weighted by molar-refractivity contribution is 6.01. The molecule has 0 aliphatic carbocycles. The molecule has 2 heterocycles. The summed E-state index contributed by atoms with van der Waals surface area (Å²) in [6.45, 7) is 0. The van der Waals surface area contributed by atoms with Crippen LogP contribution >= 0.6 is 0 Å². The van der Waals surface area contributed by atoms with E-state index in [-0.39, 0.29) is 5.63 Å². The number of hydrogen-bond donors (Lipinski definition) is 0. The minimum atomic E-state index is -0.356. The Morgan fingerprint density at radius 2 is 1.52 bits per heavy atom. The Morgan fingerprint density at radius 1 is 0.810 bits per heavy atom. The average molecular weight is 274 g/mol. The van der Waals surface area contributed by atoms with Gasteiger partial charge in [0.25, 0.3) is 0 Å². The lowest BCUT2D eigenvalue weighted by Gasteiger charge is -2.03. The zero-order valence-corrected chi connectivity index (χ0v) is 11.0. The van der Waals surface area contributed by atoms with Crippen molar-refractivity contribution >= 4 is 21.9 Å². The van der Waals surface area contributed by atoms with Crippen molar-refractivity contribution in [1.29, 1.82) is 0 Å². The van der Waals surface area contributed by atoms with Crippen LogP contribution in [0.15, 0.2) is 69.9 Å². The van der Waals surface area contributed by atoms with Gasteiger partial charge >= 0.3 is 5.63 Å². The zero-order chi connectivity index (χ0) is 14.2. The smallest absolute Gasteiger partial charge is 0.344 e. The lowest BCUT2D eigenvalue weighted by Crippen LogP contribution is -2.01. The Bertz CT molecular complexity index is 1010. The van der Waals surface area contributed by atoms with Gasteiger partial charge in [0.05, 0.1) is 11.1 Å². The SMILES string of the molecule is O=c1oc2cc(-c3ccccc3)nnc2c2ccccc12. The monoisotopic (exact) mass is 274 g/mol. The van der Waals surface area contributed by atoms with Crippen LogP contribution in [0.3, 0.4) is 0 Å². The summed E-state index contributed by atoms with van der Waals surface area (Å²) in [6.07, 6.45) is 0. The summed E-state index contributed by atoms with van der Waals surface area (Å²) >= 11 is 0. The normalized spacial score (nSPS) is 11.0. The van der Waals surface area contributed by atoms with Crippen molar-refractivity contribution < 1.29 is 4.42 Å². The first-order chi connectivity index (χ1) is 10.3. The molecule has 4 nitrogen and oxygen atoms in total. The topological polar surface area (TPSA) is 56.0 Å². The summed E-state index contributed by atoms with van der Waals surface area (Å²) in [7, 11) is 0. The van der Waals surface area contributed by atoms with E-state index in [0.717, 1.165) is 10.9 Å². The second-order valence-corrected chi connectivity index (χ2v) is 4.74. The second-order valence-electron chi connectivity index (χ2n) is 4.74. The molecule has 100 valence electrons. The first-order valence-corrected chi connectivity index (χ1v) is 6.57. The van der Waals surface area contributed by atoms with E-state index in [0.29, 0.717) is 22.2 Å². The maximum Gasteiger partial charge on any atom is 0.344 e. The van der Waals surface area contributed by atoms with Gasteiger partial charge in [0.1, 0.15) is 5.52 Å². The molecular formula is C17H10N2O2. The van der Waals surface area contributed by atoms with Crippen LogP contribution in [0, 0.1) is 0 Å². The Balaban J connectivity index is 2.06. The van der Waals surface area contributed by atoms with E-state index in [1.165, 1.54) is 0 Å². The molecular weight excluding hydrogens is 264 g/mol. The van der Waals surface area contributed by atoms with Crippen LogP contribution in [0.5, 0.6) is 0 Å². The van der Waals surface area contributed by atoms with Gasteiger partial charge in [-0.3, -0.25) is 0 Å². The molecule has 0 aliphatic heterocycles. The molecule has 2 aromatic carbocycles. The summed E-state index contributed by atoms with van der Waals surface area (Å²) in [5.41, 5.74) is 2.31. The number of aromatic nitrogens is 2. The number of hydrogen-bond acceptors (Lipinski definition) is 4. The van der Waals surface area contributed by atoms with Crippen LogP contribution in [0.4, 0.5) is 0 Å². The summed E-state index contributed by atoms with van der Waals surface area (Å²) in [5.74, 6) is 0. The molecule has 0 amide bonds. The number of benzene rings is 2. The number of rotatable bonds is 1. The minimum Gasteiger partial charge on any atom is -0.420 e. The molecule has 21 heavy (non-hydrogen) atoms. The molecule has 0 fully saturated rings. The molecule has 0 atom stereocenters.